The molecule has 1 aliphatic rings. The maximum atomic E-state index is 11.3. The summed E-state index contributed by atoms with van der Waals surface area (Å²) in [5.41, 5.74) is 0.792. The molecule has 18 heavy (non-hydrogen) atoms. The van der Waals surface area contributed by atoms with E-state index in [1.807, 2.05) is 10.6 Å². The van der Waals surface area contributed by atoms with E-state index in [9.17, 15) is 4.79 Å². The minimum absolute atomic E-state index is 0.0150. The molecule has 0 aromatic carbocycles. The second-order valence-electron chi connectivity index (χ2n) is 4.84. The molecule has 0 spiro atoms. The molecule has 96 valence electrons. The maximum absolute atomic E-state index is 11.3. The van der Waals surface area contributed by atoms with Crippen LogP contribution in [0.4, 0.5) is 0 Å². The summed E-state index contributed by atoms with van der Waals surface area (Å²) in [5, 5.41) is 7.37. The third-order valence-electron chi connectivity index (χ3n) is 3.78. The monoisotopic (exact) mass is 246 g/mol. The highest BCUT2D eigenvalue weighted by atomic mass is 16.1. The highest BCUT2D eigenvalue weighted by Gasteiger charge is 2.26. The van der Waals surface area contributed by atoms with Crippen LogP contribution < -0.4 is 5.43 Å². The smallest absolute Gasteiger partial charge is 0.183 e. The van der Waals surface area contributed by atoms with Gasteiger partial charge in [0, 0.05) is 18.3 Å². The Labute approximate surface area is 105 Å². The van der Waals surface area contributed by atoms with E-state index in [2.05, 4.69) is 22.0 Å². The number of hydrogen-bond acceptors (Lipinski definition) is 3. The summed E-state index contributed by atoms with van der Waals surface area (Å²) < 4.78 is 2.00. The molecule has 1 aliphatic heterocycles. The molecule has 0 aliphatic carbocycles. The van der Waals surface area contributed by atoms with E-state index in [0.717, 1.165) is 31.0 Å². The van der Waals surface area contributed by atoms with Crippen molar-refractivity contribution in [1.29, 1.82) is 0 Å². The third kappa shape index (κ3) is 1.84. The predicted molar refractivity (Wildman–Crippen MR) is 69.7 cm³/mol. The van der Waals surface area contributed by atoms with Gasteiger partial charge < -0.3 is 0 Å². The Balaban J connectivity index is 2.05. The highest BCUT2D eigenvalue weighted by Crippen LogP contribution is 2.29. The van der Waals surface area contributed by atoms with Crippen molar-refractivity contribution in [2.75, 3.05) is 13.1 Å². The molecule has 5 heteroatoms. The van der Waals surface area contributed by atoms with Crippen LogP contribution in [0.2, 0.25) is 0 Å². The molecular formula is C13H18N4O. The molecule has 1 unspecified atom stereocenters. The average Bonchev–Trinajstić information content (AvgIpc) is 2.81. The zero-order chi connectivity index (χ0) is 12.5. The van der Waals surface area contributed by atoms with E-state index < -0.39 is 0 Å². The van der Waals surface area contributed by atoms with Crippen molar-refractivity contribution >= 4 is 5.65 Å². The van der Waals surface area contributed by atoms with Gasteiger partial charge in [-0.15, -0.1) is 0 Å². The second-order valence-corrected chi connectivity index (χ2v) is 4.84. The molecule has 0 bridgehead atoms. The lowest BCUT2D eigenvalue weighted by molar-refractivity contribution is 0.149. The minimum atomic E-state index is 0.0150. The van der Waals surface area contributed by atoms with Crippen molar-refractivity contribution in [1.82, 2.24) is 19.5 Å². The quantitative estimate of drug-likeness (QED) is 0.875. The SMILES string of the molecule is CCN1CCCCC1c1n[nH]c2cc(=O)ccn12. The van der Waals surface area contributed by atoms with Gasteiger partial charge in [0.1, 0.15) is 5.65 Å². The fourth-order valence-electron chi connectivity index (χ4n) is 2.83. The van der Waals surface area contributed by atoms with Gasteiger partial charge >= 0.3 is 0 Å². The van der Waals surface area contributed by atoms with E-state index in [1.165, 1.54) is 12.8 Å². The number of rotatable bonds is 2. The molecule has 2 aromatic heterocycles. The van der Waals surface area contributed by atoms with Crippen LogP contribution in [0.1, 0.15) is 38.1 Å². The standard InChI is InChI=1S/C13H18N4O/c1-2-16-7-4-3-5-11(16)13-15-14-12-9-10(18)6-8-17(12)13/h6,8-9,11,14H,2-5,7H2,1H3. The van der Waals surface area contributed by atoms with Crippen molar-refractivity contribution < 1.29 is 0 Å². The molecule has 1 saturated heterocycles. The third-order valence-corrected chi connectivity index (χ3v) is 3.78. The molecule has 0 amide bonds. The topological polar surface area (TPSA) is 53.4 Å². The summed E-state index contributed by atoms with van der Waals surface area (Å²) >= 11 is 0. The lowest BCUT2D eigenvalue weighted by Gasteiger charge is -2.33. The van der Waals surface area contributed by atoms with Crippen molar-refractivity contribution in [2.45, 2.75) is 32.2 Å². The van der Waals surface area contributed by atoms with Crippen LogP contribution in [0.3, 0.4) is 0 Å². The van der Waals surface area contributed by atoms with E-state index in [1.54, 1.807) is 12.1 Å². The van der Waals surface area contributed by atoms with Gasteiger partial charge in [-0.1, -0.05) is 13.3 Å². The van der Waals surface area contributed by atoms with Gasteiger partial charge in [-0.2, -0.15) is 5.10 Å². The highest BCUT2D eigenvalue weighted by molar-refractivity contribution is 5.37. The number of nitrogens with one attached hydrogen (secondary N) is 1. The molecule has 1 fully saturated rings. The summed E-state index contributed by atoms with van der Waals surface area (Å²) in [6, 6.07) is 3.54. The molecule has 1 atom stereocenters. The van der Waals surface area contributed by atoms with Crippen molar-refractivity contribution in [3.05, 3.63) is 34.4 Å². The molecule has 1 N–H and O–H groups in total. The Bertz CT molecular complexity index is 600. The Morgan fingerprint density at radius 2 is 2.39 bits per heavy atom. The number of hydrogen-bond donors (Lipinski definition) is 1. The van der Waals surface area contributed by atoms with Crippen LogP contribution in [0.5, 0.6) is 0 Å². The average molecular weight is 246 g/mol. The van der Waals surface area contributed by atoms with Gasteiger partial charge in [0.05, 0.1) is 6.04 Å². The zero-order valence-electron chi connectivity index (χ0n) is 10.6. The molecule has 0 radical (unpaired) electrons. The first kappa shape index (κ1) is 11.5. The molecule has 2 aromatic rings. The van der Waals surface area contributed by atoms with E-state index in [-0.39, 0.29) is 5.43 Å². The molecule has 3 rings (SSSR count). The fraction of sp³-hybridized carbons (Fsp3) is 0.538. The molecular weight excluding hydrogens is 228 g/mol. The van der Waals surface area contributed by atoms with Crippen LogP contribution in [0.15, 0.2) is 23.1 Å². The predicted octanol–water partition coefficient (Wildman–Crippen LogP) is 1.57. The lowest BCUT2D eigenvalue weighted by atomic mass is 10.0. The van der Waals surface area contributed by atoms with E-state index in [4.69, 9.17) is 0 Å². The number of piperidine rings is 1. The Morgan fingerprint density at radius 1 is 1.50 bits per heavy atom. The first-order valence-corrected chi connectivity index (χ1v) is 6.60. The van der Waals surface area contributed by atoms with Gasteiger partial charge in [0.2, 0.25) is 0 Å². The fourth-order valence-corrected chi connectivity index (χ4v) is 2.83. The number of aromatic amines is 1. The second kappa shape index (κ2) is 4.57. The Kier molecular flexibility index (Phi) is 2.91. The van der Waals surface area contributed by atoms with Gasteiger partial charge in [-0.25, -0.2) is 0 Å². The molecule has 3 heterocycles. The van der Waals surface area contributed by atoms with Crippen molar-refractivity contribution in [3.63, 3.8) is 0 Å². The van der Waals surface area contributed by atoms with Crippen molar-refractivity contribution in [2.24, 2.45) is 0 Å². The molecule has 0 saturated carbocycles. The van der Waals surface area contributed by atoms with E-state index in [0.29, 0.717) is 6.04 Å². The van der Waals surface area contributed by atoms with Crippen LogP contribution >= 0.6 is 0 Å². The number of likely N-dealkylation sites (tertiary alicyclic amines) is 1. The summed E-state index contributed by atoms with van der Waals surface area (Å²) in [5.74, 6) is 1.02. The molecule has 5 nitrogen and oxygen atoms in total. The van der Waals surface area contributed by atoms with Gasteiger partial charge in [0.15, 0.2) is 11.3 Å². The summed E-state index contributed by atoms with van der Waals surface area (Å²) in [6.45, 7) is 4.36. The van der Waals surface area contributed by atoms with Crippen LogP contribution in [-0.2, 0) is 0 Å². The number of H-pyrrole nitrogens is 1. The first-order valence-electron chi connectivity index (χ1n) is 6.60. The number of aromatic nitrogens is 3. The van der Waals surface area contributed by atoms with E-state index >= 15 is 0 Å². The van der Waals surface area contributed by atoms with Crippen LogP contribution in [-0.4, -0.2) is 32.6 Å². The van der Waals surface area contributed by atoms with Gasteiger partial charge in [0.25, 0.3) is 0 Å². The maximum Gasteiger partial charge on any atom is 0.183 e. The number of pyridine rings is 1. The first-order chi connectivity index (χ1) is 8.79. The largest absolute Gasteiger partial charge is 0.294 e. The summed E-state index contributed by atoms with van der Waals surface area (Å²) in [7, 11) is 0. The lowest BCUT2D eigenvalue weighted by Crippen LogP contribution is -2.34. The Morgan fingerprint density at radius 3 is 3.22 bits per heavy atom. The van der Waals surface area contributed by atoms with Crippen LogP contribution in [0.25, 0.3) is 5.65 Å². The van der Waals surface area contributed by atoms with Gasteiger partial charge in [-0.05, 0) is 25.9 Å². The van der Waals surface area contributed by atoms with Crippen LogP contribution in [0, 0.1) is 0 Å². The van der Waals surface area contributed by atoms with Gasteiger partial charge in [-0.3, -0.25) is 19.2 Å². The number of fused-ring (bicyclic) bond motifs is 1. The summed E-state index contributed by atoms with van der Waals surface area (Å²) in [4.78, 5) is 13.8. The number of nitrogens with zero attached hydrogens (tertiary/aromatic N) is 3. The van der Waals surface area contributed by atoms with Crippen molar-refractivity contribution in [3.8, 4) is 0 Å². The zero-order valence-corrected chi connectivity index (χ0v) is 10.6. The minimum Gasteiger partial charge on any atom is -0.294 e. The normalized spacial score (nSPS) is 21.5. The summed E-state index contributed by atoms with van der Waals surface area (Å²) in [6.07, 6.45) is 5.47. The Hall–Kier alpha value is -1.62.